The summed E-state index contributed by atoms with van der Waals surface area (Å²) in [5.41, 5.74) is 10.7. The number of sulfonamides is 1. The van der Waals surface area contributed by atoms with Gasteiger partial charge in [0, 0.05) is 67.5 Å². The Hall–Kier alpha value is -1.49. The summed E-state index contributed by atoms with van der Waals surface area (Å²) in [6.45, 7) is 6.81. The summed E-state index contributed by atoms with van der Waals surface area (Å²) >= 11 is 6.43. The second-order valence-corrected chi connectivity index (χ2v) is 11.2. The van der Waals surface area contributed by atoms with E-state index in [1.54, 1.807) is 4.31 Å². The maximum Gasteiger partial charge on any atom is 0.211 e. The van der Waals surface area contributed by atoms with E-state index in [1.165, 1.54) is 6.26 Å². The molecule has 0 saturated carbocycles. The molecule has 4 rings (SSSR count). The average Bonchev–Trinajstić information content (AvgIpc) is 3.17. The van der Waals surface area contributed by atoms with E-state index < -0.39 is 10.0 Å². The SMILES string of the molecule is CS(=O)(=O)N1CCc2c(c(-c3ccc(Cl)c(CCCN)c3)nn2CCCN2CCOCC2)C1. The highest BCUT2D eigenvalue weighted by Gasteiger charge is 2.29. The van der Waals surface area contributed by atoms with Crippen LogP contribution in [0, 0.1) is 0 Å². The molecule has 1 fully saturated rings. The Labute approximate surface area is 201 Å². The number of rotatable bonds is 9. The molecule has 33 heavy (non-hydrogen) atoms. The van der Waals surface area contributed by atoms with Crippen LogP contribution in [0.3, 0.4) is 0 Å². The first-order chi connectivity index (χ1) is 15.9. The van der Waals surface area contributed by atoms with Gasteiger partial charge in [0.2, 0.25) is 10.0 Å². The zero-order valence-corrected chi connectivity index (χ0v) is 20.9. The van der Waals surface area contributed by atoms with E-state index in [9.17, 15) is 8.42 Å². The van der Waals surface area contributed by atoms with E-state index >= 15 is 0 Å². The van der Waals surface area contributed by atoms with Crippen LogP contribution in [0.2, 0.25) is 5.02 Å². The van der Waals surface area contributed by atoms with Gasteiger partial charge >= 0.3 is 0 Å². The van der Waals surface area contributed by atoms with Gasteiger partial charge in [-0.05, 0) is 43.5 Å². The zero-order chi connectivity index (χ0) is 23.4. The molecule has 0 spiro atoms. The van der Waals surface area contributed by atoms with Gasteiger partial charge in [0.15, 0.2) is 0 Å². The van der Waals surface area contributed by atoms with Crippen LogP contribution in [0.5, 0.6) is 0 Å². The van der Waals surface area contributed by atoms with Gasteiger partial charge in [0.25, 0.3) is 0 Å². The molecule has 0 amide bonds. The Kier molecular flexibility index (Phi) is 8.09. The Morgan fingerprint density at radius 3 is 2.67 bits per heavy atom. The van der Waals surface area contributed by atoms with E-state index in [2.05, 4.69) is 15.6 Å². The number of hydrogen-bond donors (Lipinski definition) is 1. The van der Waals surface area contributed by atoms with Gasteiger partial charge in [-0.15, -0.1) is 0 Å². The molecule has 8 nitrogen and oxygen atoms in total. The second-order valence-electron chi connectivity index (χ2n) is 8.85. The van der Waals surface area contributed by atoms with Crippen molar-refractivity contribution in [2.45, 2.75) is 38.8 Å². The van der Waals surface area contributed by atoms with Gasteiger partial charge in [-0.25, -0.2) is 8.42 Å². The van der Waals surface area contributed by atoms with E-state index in [1.807, 2.05) is 12.1 Å². The molecule has 2 aliphatic rings. The van der Waals surface area contributed by atoms with E-state index in [0.29, 0.717) is 26.1 Å². The summed E-state index contributed by atoms with van der Waals surface area (Å²) in [5.74, 6) is 0. The topological polar surface area (TPSA) is 93.7 Å². The molecule has 0 unspecified atom stereocenters. The summed E-state index contributed by atoms with van der Waals surface area (Å²) in [4.78, 5) is 2.43. The highest BCUT2D eigenvalue weighted by atomic mass is 35.5. The van der Waals surface area contributed by atoms with Crippen LogP contribution in [0.1, 0.15) is 29.7 Å². The minimum Gasteiger partial charge on any atom is -0.379 e. The second kappa shape index (κ2) is 10.8. The minimum atomic E-state index is -3.27. The predicted octanol–water partition coefficient (Wildman–Crippen LogP) is 2.13. The summed E-state index contributed by atoms with van der Waals surface area (Å²) in [6, 6.07) is 5.97. The maximum atomic E-state index is 12.3. The zero-order valence-electron chi connectivity index (χ0n) is 19.3. The smallest absolute Gasteiger partial charge is 0.211 e. The number of fused-ring (bicyclic) bond motifs is 1. The molecular formula is C23H34ClN5O3S. The normalized spacial score (nSPS) is 17.9. The van der Waals surface area contributed by atoms with Crippen molar-refractivity contribution in [3.63, 3.8) is 0 Å². The van der Waals surface area contributed by atoms with Crippen LogP contribution in [0.4, 0.5) is 0 Å². The molecule has 2 aromatic rings. The van der Waals surface area contributed by atoms with Crippen LogP contribution < -0.4 is 5.73 Å². The number of aryl methyl sites for hydroxylation is 2. The molecule has 0 bridgehead atoms. The number of ether oxygens (including phenoxy) is 1. The summed E-state index contributed by atoms with van der Waals surface area (Å²) in [6.07, 6.45) is 4.60. The largest absolute Gasteiger partial charge is 0.379 e. The first kappa shape index (κ1) is 24.6. The Morgan fingerprint density at radius 2 is 1.94 bits per heavy atom. The van der Waals surface area contributed by atoms with Gasteiger partial charge in [-0.2, -0.15) is 9.40 Å². The lowest BCUT2D eigenvalue weighted by molar-refractivity contribution is 0.0368. The molecule has 1 aromatic heterocycles. The third kappa shape index (κ3) is 5.96. The monoisotopic (exact) mass is 495 g/mol. The maximum absolute atomic E-state index is 12.3. The lowest BCUT2D eigenvalue weighted by Crippen LogP contribution is -2.37. The molecule has 0 aliphatic carbocycles. The molecular weight excluding hydrogens is 462 g/mol. The molecule has 2 aliphatic heterocycles. The molecule has 10 heteroatoms. The predicted molar refractivity (Wildman–Crippen MR) is 131 cm³/mol. The van der Waals surface area contributed by atoms with E-state index in [0.717, 1.165) is 91.8 Å². The van der Waals surface area contributed by atoms with E-state index in [4.69, 9.17) is 27.2 Å². The fourth-order valence-corrected chi connectivity index (χ4v) is 5.64. The van der Waals surface area contributed by atoms with Crippen molar-refractivity contribution in [2.24, 2.45) is 5.73 Å². The van der Waals surface area contributed by atoms with Crippen LogP contribution >= 0.6 is 11.6 Å². The van der Waals surface area contributed by atoms with Crippen molar-refractivity contribution in [3.8, 4) is 11.3 Å². The van der Waals surface area contributed by atoms with Gasteiger partial charge in [0.1, 0.15) is 0 Å². The standard InChI is InChI=1S/C23H34ClN5O3S/c1-33(30,31)28-11-7-22-20(17-28)23(19-5-6-21(24)18(16-19)4-2-8-25)26-29(22)10-3-9-27-12-14-32-15-13-27/h5-6,16H,2-4,7-15,17,25H2,1H3. The third-order valence-corrected chi connectivity index (χ3v) is 8.10. The lowest BCUT2D eigenvalue weighted by atomic mass is 9.99. The minimum absolute atomic E-state index is 0.355. The number of nitrogens with two attached hydrogens (primary N) is 1. The van der Waals surface area contributed by atoms with Crippen LogP contribution in [-0.2, 0) is 40.7 Å². The Morgan fingerprint density at radius 1 is 1.15 bits per heavy atom. The van der Waals surface area contributed by atoms with Gasteiger partial charge in [-0.3, -0.25) is 9.58 Å². The van der Waals surface area contributed by atoms with Crippen molar-refractivity contribution < 1.29 is 13.2 Å². The number of benzene rings is 1. The molecule has 3 heterocycles. The number of hydrogen-bond acceptors (Lipinski definition) is 6. The fourth-order valence-electron chi connectivity index (χ4n) is 4.64. The molecule has 0 radical (unpaired) electrons. The van der Waals surface area contributed by atoms with Crippen molar-refractivity contribution in [2.75, 3.05) is 52.2 Å². The van der Waals surface area contributed by atoms with Crippen molar-refractivity contribution in [1.82, 2.24) is 19.0 Å². The lowest BCUT2D eigenvalue weighted by Gasteiger charge is -2.27. The Balaban J connectivity index is 1.62. The molecule has 182 valence electrons. The first-order valence-electron chi connectivity index (χ1n) is 11.7. The first-order valence-corrected chi connectivity index (χ1v) is 13.9. The third-order valence-electron chi connectivity index (χ3n) is 6.49. The fraction of sp³-hybridized carbons (Fsp3) is 0.609. The summed E-state index contributed by atoms with van der Waals surface area (Å²) < 4.78 is 33.6. The van der Waals surface area contributed by atoms with Crippen molar-refractivity contribution >= 4 is 21.6 Å². The highest BCUT2D eigenvalue weighted by molar-refractivity contribution is 7.88. The molecule has 1 saturated heterocycles. The van der Waals surface area contributed by atoms with Crippen LogP contribution in [0.25, 0.3) is 11.3 Å². The van der Waals surface area contributed by atoms with Gasteiger partial charge in [-0.1, -0.05) is 17.7 Å². The Bertz CT molecular complexity index is 1070. The van der Waals surface area contributed by atoms with E-state index in [-0.39, 0.29) is 0 Å². The number of nitrogens with zero attached hydrogens (tertiary/aromatic N) is 4. The summed E-state index contributed by atoms with van der Waals surface area (Å²) in [5, 5.41) is 5.72. The van der Waals surface area contributed by atoms with Crippen molar-refractivity contribution in [1.29, 1.82) is 0 Å². The quantitative estimate of drug-likeness (QED) is 0.572. The molecule has 2 N–H and O–H groups in total. The summed E-state index contributed by atoms with van der Waals surface area (Å²) in [7, 11) is -3.27. The number of halogens is 1. The van der Waals surface area contributed by atoms with Crippen LogP contribution in [0.15, 0.2) is 18.2 Å². The molecule has 1 aromatic carbocycles. The highest BCUT2D eigenvalue weighted by Crippen LogP contribution is 2.33. The average molecular weight is 496 g/mol. The molecule has 0 atom stereocenters. The van der Waals surface area contributed by atoms with Crippen LogP contribution in [-0.4, -0.2) is 79.6 Å². The number of morpholine rings is 1. The number of aromatic nitrogens is 2. The van der Waals surface area contributed by atoms with Crippen molar-refractivity contribution in [3.05, 3.63) is 40.0 Å². The van der Waals surface area contributed by atoms with Gasteiger partial charge in [0.05, 0.1) is 25.2 Å². The van der Waals surface area contributed by atoms with Gasteiger partial charge < -0.3 is 10.5 Å².